The zero-order valence-electron chi connectivity index (χ0n) is 11.4. The van der Waals surface area contributed by atoms with E-state index in [-0.39, 0.29) is 10.6 Å². The predicted molar refractivity (Wildman–Crippen MR) is 75.8 cm³/mol. The van der Waals surface area contributed by atoms with E-state index in [1.54, 1.807) is 24.6 Å². The van der Waals surface area contributed by atoms with Crippen LogP contribution in [0.25, 0.3) is 0 Å². The van der Waals surface area contributed by atoms with Crippen molar-refractivity contribution >= 4 is 26.4 Å². The first-order valence-corrected chi connectivity index (χ1v) is 9.42. The first kappa shape index (κ1) is 16.0. The summed E-state index contributed by atoms with van der Waals surface area (Å²) >= 11 is 0. The van der Waals surface area contributed by atoms with Crippen LogP contribution in [0.15, 0.2) is 29.2 Å². The molecule has 0 spiro atoms. The van der Waals surface area contributed by atoms with Gasteiger partial charge in [0.05, 0.1) is 17.8 Å². The fourth-order valence-corrected chi connectivity index (χ4v) is 4.96. The van der Waals surface area contributed by atoms with E-state index in [9.17, 15) is 13.2 Å². The second kappa shape index (κ2) is 5.94. The quantitative estimate of drug-likeness (QED) is 0.777. The van der Waals surface area contributed by atoms with Crippen LogP contribution in [0.3, 0.4) is 0 Å². The van der Waals surface area contributed by atoms with E-state index in [0.717, 1.165) is 5.56 Å². The number of rotatable bonds is 5. The van der Waals surface area contributed by atoms with Gasteiger partial charge >= 0.3 is 16.1 Å². The summed E-state index contributed by atoms with van der Waals surface area (Å²) in [7, 11) is -4.67. The molecule has 0 amide bonds. The molecule has 19 heavy (non-hydrogen) atoms. The molecule has 1 rings (SSSR count). The van der Waals surface area contributed by atoms with Gasteiger partial charge in [-0.25, -0.2) is 3.63 Å². The lowest BCUT2D eigenvalue weighted by molar-refractivity contribution is -0.137. The third-order valence-corrected chi connectivity index (χ3v) is 6.25. The Kier molecular flexibility index (Phi) is 5.00. The monoisotopic (exact) mass is 306 g/mol. The fraction of sp³-hybridized carbons (Fsp3) is 0.417. The van der Waals surface area contributed by atoms with E-state index in [4.69, 9.17) is 3.63 Å². The number of carbonyl (C=O) groups excluding carboxylic acids is 1. The topological polar surface area (TPSA) is 69.7 Å². The Morgan fingerprint density at radius 1 is 1.16 bits per heavy atom. The molecule has 0 saturated heterocycles. The van der Waals surface area contributed by atoms with Gasteiger partial charge in [-0.15, -0.1) is 10.3 Å². The van der Waals surface area contributed by atoms with Gasteiger partial charge in [0.25, 0.3) is 0 Å². The van der Waals surface area contributed by atoms with Crippen molar-refractivity contribution in [3.63, 3.8) is 0 Å². The maximum absolute atomic E-state index is 12.1. The highest BCUT2D eigenvalue weighted by Gasteiger charge is 2.27. The van der Waals surface area contributed by atoms with Gasteiger partial charge in [0.15, 0.2) is 0 Å². The molecule has 0 aliphatic rings. The summed E-state index contributed by atoms with van der Waals surface area (Å²) in [6.45, 7) is 1.86. The minimum absolute atomic E-state index is 0.0609. The van der Waals surface area contributed by atoms with Crippen molar-refractivity contribution in [1.29, 1.82) is 0 Å². The number of methoxy groups -OCH3 is 1. The van der Waals surface area contributed by atoms with Gasteiger partial charge in [0.2, 0.25) is 0 Å². The van der Waals surface area contributed by atoms with E-state index in [0.29, 0.717) is 0 Å². The molecule has 0 fully saturated rings. The van der Waals surface area contributed by atoms with Crippen LogP contribution in [-0.4, -0.2) is 39.8 Å². The molecule has 1 aromatic rings. The van der Waals surface area contributed by atoms with Crippen molar-refractivity contribution in [1.82, 2.24) is 0 Å². The van der Waals surface area contributed by atoms with Crippen LogP contribution >= 0.6 is 10.3 Å². The Hall–Kier alpha value is -1.05. The Bertz CT molecular complexity index is 546. The van der Waals surface area contributed by atoms with Gasteiger partial charge in [-0.05, 0) is 31.6 Å². The predicted octanol–water partition coefficient (Wildman–Crippen LogP) is 1.85. The summed E-state index contributed by atoms with van der Waals surface area (Å²) in [6.07, 6.45) is 3.21. The second-order valence-electron chi connectivity index (χ2n) is 4.49. The molecule has 0 heterocycles. The number of benzene rings is 1. The number of ether oxygens (including phenoxy) is 1. The number of esters is 1. The molecule has 0 radical (unpaired) electrons. The summed E-state index contributed by atoms with van der Waals surface area (Å²) in [5, 5.41) is 0. The molecule has 0 aliphatic heterocycles. The highest BCUT2D eigenvalue weighted by Crippen LogP contribution is 2.44. The summed E-state index contributed by atoms with van der Waals surface area (Å²) in [4.78, 5) is 11.3. The summed E-state index contributed by atoms with van der Waals surface area (Å²) < 4.78 is 33.9. The molecule has 0 aliphatic carbocycles. The van der Waals surface area contributed by atoms with Crippen LogP contribution in [0.2, 0.25) is 0 Å². The Labute approximate surface area is 115 Å². The Balaban J connectivity index is 2.90. The standard InChI is InChI=1S/C12H18O5S2/c1-10-5-7-11(8-6-10)19(14,15)17-18(3,4)9-12(13)16-2/h5-8H,9H2,1-4H3. The van der Waals surface area contributed by atoms with Crippen LogP contribution in [0, 0.1) is 6.92 Å². The summed E-state index contributed by atoms with van der Waals surface area (Å²) in [5.74, 6) is -0.548. The van der Waals surface area contributed by atoms with Crippen molar-refractivity contribution in [2.75, 3.05) is 25.4 Å². The molecule has 7 heteroatoms. The first-order chi connectivity index (χ1) is 8.66. The second-order valence-corrected chi connectivity index (χ2v) is 9.58. The molecule has 1 aromatic carbocycles. The van der Waals surface area contributed by atoms with E-state index >= 15 is 0 Å². The molecule has 5 nitrogen and oxygen atoms in total. The smallest absolute Gasteiger partial charge is 0.316 e. The lowest BCUT2D eigenvalue weighted by Gasteiger charge is -2.28. The molecule has 0 aromatic heterocycles. The average Bonchev–Trinajstić information content (AvgIpc) is 2.27. The zero-order chi connectivity index (χ0) is 14.7. The Morgan fingerprint density at radius 2 is 1.68 bits per heavy atom. The zero-order valence-corrected chi connectivity index (χ0v) is 13.0. The van der Waals surface area contributed by atoms with Gasteiger partial charge in [-0.2, -0.15) is 8.42 Å². The normalized spacial score (nSPS) is 13.1. The minimum Gasteiger partial charge on any atom is -0.468 e. The summed E-state index contributed by atoms with van der Waals surface area (Å²) in [6, 6.07) is 6.36. The fourth-order valence-electron chi connectivity index (χ4n) is 1.35. The largest absolute Gasteiger partial charge is 0.468 e. The van der Waals surface area contributed by atoms with Crippen molar-refractivity contribution < 1.29 is 21.6 Å². The highest BCUT2D eigenvalue weighted by molar-refractivity contribution is 8.32. The molecule has 0 N–H and O–H groups in total. The van der Waals surface area contributed by atoms with Crippen molar-refractivity contribution in [3.8, 4) is 0 Å². The van der Waals surface area contributed by atoms with Crippen molar-refractivity contribution in [2.45, 2.75) is 11.8 Å². The van der Waals surface area contributed by atoms with Crippen molar-refractivity contribution in [2.24, 2.45) is 0 Å². The number of hydrogen-bond acceptors (Lipinski definition) is 5. The average molecular weight is 306 g/mol. The van der Waals surface area contributed by atoms with Gasteiger partial charge in [-0.3, -0.25) is 4.79 Å². The molecule has 0 unspecified atom stereocenters. The van der Waals surface area contributed by atoms with E-state index in [2.05, 4.69) is 4.74 Å². The lowest BCUT2D eigenvalue weighted by atomic mass is 10.2. The number of carbonyl (C=O) groups is 1. The van der Waals surface area contributed by atoms with Gasteiger partial charge < -0.3 is 4.74 Å². The van der Waals surface area contributed by atoms with E-state index < -0.39 is 26.4 Å². The number of hydrogen-bond donors (Lipinski definition) is 0. The maximum atomic E-state index is 12.1. The lowest BCUT2D eigenvalue weighted by Crippen LogP contribution is -2.19. The first-order valence-electron chi connectivity index (χ1n) is 5.47. The molecule has 108 valence electrons. The van der Waals surface area contributed by atoms with Crippen LogP contribution in [0.5, 0.6) is 0 Å². The van der Waals surface area contributed by atoms with Gasteiger partial charge in [0.1, 0.15) is 0 Å². The Morgan fingerprint density at radius 3 is 2.16 bits per heavy atom. The molecule has 0 saturated carbocycles. The molecule has 0 bridgehead atoms. The molecular weight excluding hydrogens is 288 g/mol. The van der Waals surface area contributed by atoms with Gasteiger partial charge in [0, 0.05) is 0 Å². The maximum Gasteiger partial charge on any atom is 0.316 e. The SMILES string of the molecule is COC(=O)CS(C)(C)OS(=O)(=O)c1ccc(C)cc1. The van der Waals surface area contributed by atoms with Crippen LogP contribution in [0.1, 0.15) is 5.56 Å². The highest BCUT2D eigenvalue weighted by atomic mass is 32.3. The summed E-state index contributed by atoms with van der Waals surface area (Å²) in [5.41, 5.74) is 0.958. The number of aryl methyl sites for hydroxylation is 1. The van der Waals surface area contributed by atoms with Crippen LogP contribution < -0.4 is 0 Å². The van der Waals surface area contributed by atoms with Crippen LogP contribution in [-0.2, 0) is 23.3 Å². The van der Waals surface area contributed by atoms with Crippen molar-refractivity contribution in [3.05, 3.63) is 29.8 Å². The van der Waals surface area contributed by atoms with Gasteiger partial charge in [-0.1, -0.05) is 17.7 Å². The molecule has 0 atom stereocenters. The third kappa shape index (κ3) is 4.85. The van der Waals surface area contributed by atoms with E-state index in [1.807, 2.05) is 6.92 Å². The van der Waals surface area contributed by atoms with Crippen LogP contribution in [0.4, 0.5) is 0 Å². The minimum atomic E-state index is -3.86. The molecular formula is C12H18O5S2. The van der Waals surface area contributed by atoms with E-state index in [1.165, 1.54) is 19.2 Å². The third-order valence-electron chi connectivity index (χ3n) is 2.28.